The van der Waals surface area contributed by atoms with E-state index in [0.717, 1.165) is 0 Å². The molecule has 2 N–H and O–H groups in total. The maximum Gasteiger partial charge on any atom is 0.459 e. The fourth-order valence-electron chi connectivity index (χ4n) is 2.40. The van der Waals surface area contributed by atoms with E-state index in [1.54, 1.807) is 30.3 Å². The minimum absolute atomic E-state index is 0.0308. The van der Waals surface area contributed by atoms with Crippen molar-refractivity contribution >= 4 is 20.0 Å². The smallest absolute Gasteiger partial charge is 0.459 e. The average molecular weight is 452 g/mol. The molecule has 0 aliphatic rings. The number of esters is 1. The zero-order chi connectivity index (χ0) is 22.9. The summed E-state index contributed by atoms with van der Waals surface area (Å²) in [5, 5.41) is 12.6. The summed E-state index contributed by atoms with van der Waals surface area (Å²) in [4.78, 5) is 27.5. The van der Waals surface area contributed by atoms with E-state index >= 15 is 0 Å². The van der Waals surface area contributed by atoms with E-state index in [0.29, 0.717) is 6.29 Å². The number of benzene rings is 1. The van der Waals surface area contributed by atoms with Crippen molar-refractivity contribution in [3.8, 4) is 11.5 Å². The highest BCUT2D eigenvalue weighted by Gasteiger charge is 2.32. The molecule has 0 spiro atoms. The summed E-state index contributed by atoms with van der Waals surface area (Å²) < 4.78 is 34.2. The number of para-hydroxylation sites is 1. The molecule has 0 bridgehead atoms. The lowest BCUT2D eigenvalue weighted by Crippen LogP contribution is -2.35. The van der Waals surface area contributed by atoms with E-state index in [1.165, 1.54) is 27.2 Å². The first-order valence-corrected chi connectivity index (χ1v) is 10.9. The van der Waals surface area contributed by atoms with Gasteiger partial charge in [-0.2, -0.15) is 5.09 Å². The topological polar surface area (TPSA) is 133 Å². The largest absolute Gasteiger partial charge is 0.505 e. The van der Waals surface area contributed by atoms with Gasteiger partial charge < -0.3 is 19.1 Å². The molecule has 0 amide bonds. The first kappa shape index (κ1) is 24.5. The molecule has 0 saturated carbocycles. The Hall–Kier alpha value is -2.78. The Morgan fingerprint density at radius 1 is 1.29 bits per heavy atom. The highest BCUT2D eigenvalue weighted by Crippen LogP contribution is 2.46. The van der Waals surface area contributed by atoms with Gasteiger partial charge in [0.05, 0.1) is 24.5 Å². The van der Waals surface area contributed by atoms with Crippen molar-refractivity contribution in [2.75, 3.05) is 20.3 Å². The molecule has 0 aliphatic heterocycles. The van der Waals surface area contributed by atoms with Crippen molar-refractivity contribution in [2.45, 2.75) is 26.5 Å². The molecule has 31 heavy (non-hydrogen) atoms. The fraction of sp³-hybridized carbons (Fsp3) is 0.350. The predicted molar refractivity (Wildman–Crippen MR) is 111 cm³/mol. The maximum absolute atomic E-state index is 13.4. The molecular formula is C20H25N2O8P. The Labute approximate surface area is 180 Å². The molecule has 0 fully saturated rings. The van der Waals surface area contributed by atoms with E-state index in [4.69, 9.17) is 18.5 Å². The van der Waals surface area contributed by atoms with Crippen molar-refractivity contribution in [1.29, 1.82) is 0 Å². The van der Waals surface area contributed by atoms with Crippen LogP contribution >= 0.6 is 7.75 Å². The summed E-state index contributed by atoms with van der Waals surface area (Å²) in [6.45, 7) is 2.84. The van der Waals surface area contributed by atoms with Crippen LogP contribution in [0.1, 0.15) is 28.5 Å². The van der Waals surface area contributed by atoms with Crippen molar-refractivity contribution < 1.29 is 37.8 Å². The summed E-state index contributed by atoms with van der Waals surface area (Å²) in [7, 11) is -2.65. The molecular weight excluding hydrogens is 427 g/mol. The number of nitrogens with zero attached hydrogens (tertiary/aromatic N) is 1. The van der Waals surface area contributed by atoms with E-state index in [2.05, 4.69) is 10.1 Å². The van der Waals surface area contributed by atoms with Crippen molar-refractivity contribution in [2.24, 2.45) is 0 Å². The van der Waals surface area contributed by atoms with Gasteiger partial charge in [-0.25, -0.2) is 4.57 Å². The SMILES string of the molecule is COCCOC(=O)C(C)NP(=O)(OCc1cnc(C)c(O)c1C=O)Oc1ccccc1. The number of aromatic nitrogens is 1. The summed E-state index contributed by atoms with van der Waals surface area (Å²) in [6, 6.07) is 7.19. The number of hydrogen-bond donors (Lipinski definition) is 2. The van der Waals surface area contributed by atoms with Crippen LogP contribution < -0.4 is 9.61 Å². The van der Waals surface area contributed by atoms with Gasteiger partial charge in [0.25, 0.3) is 0 Å². The lowest BCUT2D eigenvalue weighted by molar-refractivity contribution is -0.146. The van der Waals surface area contributed by atoms with Gasteiger partial charge in [-0.1, -0.05) is 18.2 Å². The van der Waals surface area contributed by atoms with Crippen LogP contribution in [0.3, 0.4) is 0 Å². The van der Waals surface area contributed by atoms with Crippen LogP contribution in [0.25, 0.3) is 0 Å². The van der Waals surface area contributed by atoms with Gasteiger partial charge in [0.2, 0.25) is 0 Å². The molecule has 168 valence electrons. The Morgan fingerprint density at radius 2 is 2.00 bits per heavy atom. The van der Waals surface area contributed by atoms with Crippen LogP contribution in [-0.4, -0.2) is 48.7 Å². The third kappa shape index (κ3) is 7.15. The number of aromatic hydroxyl groups is 1. The highest BCUT2D eigenvalue weighted by molar-refractivity contribution is 7.52. The van der Waals surface area contributed by atoms with Crippen molar-refractivity contribution in [1.82, 2.24) is 10.1 Å². The number of carbonyl (C=O) groups excluding carboxylic acids is 2. The molecule has 2 atom stereocenters. The molecule has 0 aliphatic carbocycles. The first-order valence-electron chi connectivity index (χ1n) is 9.35. The summed E-state index contributed by atoms with van der Waals surface area (Å²) in [6.07, 6.45) is 1.78. The second-order valence-electron chi connectivity index (χ2n) is 6.44. The third-order valence-electron chi connectivity index (χ3n) is 4.07. The van der Waals surface area contributed by atoms with E-state index < -0.39 is 19.8 Å². The van der Waals surface area contributed by atoms with E-state index in [1.807, 2.05) is 0 Å². The van der Waals surface area contributed by atoms with Crippen LogP contribution in [0.15, 0.2) is 36.5 Å². The van der Waals surface area contributed by atoms with Crippen LogP contribution in [0.5, 0.6) is 11.5 Å². The van der Waals surface area contributed by atoms with Gasteiger partial charge in [-0.05, 0) is 26.0 Å². The second-order valence-corrected chi connectivity index (χ2v) is 8.13. The molecule has 11 heteroatoms. The molecule has 2 rings (SSSR count). The molecule has 0 radical (unpaired) electrons. The highest BCUT2D eigenvalue weighted by atomic mass is 31.2. The van der Waals surface area contributed by atoms with Crippen LogP contribution in [0.4, 0.5) is 0 Å². The predicted octanol–water partition coefficient (Wildman–Crippen LogP) is 2.78. The Balaban J connectivity index is 2.20. The quantitative estimate of drug-likeness (QED) is 0.214. The Morgan fingerprint density at radius 3 is 2.65 bits per heavy atom. The van der Waals surface area contributed by atoms with Crippen LogP contribution in [-0.2, 0) is 30.0 Å². The number of methoxy groups -OCH3 is 1. The minimum atomic E-state index is -4.12. The lowest BCUT2D eigenvalue weighted by atomic mass is 10.1. The van der Waals surface area contributed by atoms with Crippen LogP contribution in [0, 0.1) is 6.92 Å². The zero-order valence-corrected chi connectivity index (χ0v) is 18.3. The number of aryl methyl sites for hydroxylation is 1. The zero-order valence-electron chi connectivity index (χ0n) is 17.4. The number of rotatable bonds is 12. The first-order chi connectivity index (χ1) is 14.8. The number of carbonyl (C=O) groups is 2. The number of hydrogen-bond acceptors (Lipinski definition) is 9. The molecule has 2 unspecified atom stereocenters. The number of nitrogens with one attached hydrogen (secondary N) is 1. The van der Waals surface area contributed by atoms with Gasteiger partial charge in [-0.3, -0.25) is 19.1 Å². The normalized spacial score (nSPS) is 13.8. The molecule has 0 saturated heterocycles. The van der Waals surface area contributed by atoms with E-state index in [9.17, 15) is 19.3 Å². The molecule has 2 aromatic rings. The fourth-order valence-corrected chi connectivity index (χ4v) is 3.87. The average Bonchev–Trinajstić information content (AvgIpc) is 2.75. The lowest BCUT2D eigenvalue weighted by Gasteiger charge is -2.23. The van der Waals surface area contributed by atoms with Gasteiger partial charge in [0.15, 0.2) is 6.29 Å². The maximum atomic E-state index is 13.4. The van der Waals surface area contributed by atoms with Gasteiger partial charge >= 0.3 is 13.7 Å². The summed E-state index contributed by atoms with van der Waals surface area (Å²) in [5.74, 6) is -0.738. The summed E-state index contributed by atoms with van der Waals surface area (Å²) >= 11 is 0. The number of aldehydes is 1. The van der Waals surface area contributed by atoms with Gasteiger partial charge in [-0.15, -0.1) is 0 Å². The van der Waals surface area contributed by atoms with Crippen LogP contribution in [0.2, 0.25) is 0 Å². The standard InChI is InChI=1S/C20H25N2O8P/c1-14-19(24)18(12-23)16(11-21-14)13-29-31(26,30-17-7-5-4-6-8-17)22-15(2)20(25)28-10-9-27-3/h4-8,11-12,15,24H,9-10,13H2,1-3H3,(H,22,26). The molecule has 10 nitrogen and oxygen atoms in total. The molecule has 1 aromatic carbocycles. The molecule has 1 heterocycles. The Kier molecular flexibility index (Phi) is 9.14. The molecule has 1 aromatic heterocycles. The number of ether oxygens (including phenoxy) is 2. The van der Waals surface area contributed by atoms with Gasteiger partial charge in [0, 0.05) is 18.9 Å². The van der Waals surface area contributed by atoms with Crippen molar-refractivity contribution in [3.63, 3.8) is 0 Å². The minimum Gasteiger partial charge on any atom is -0.505 e. The number of pyridine rings is 1. The summed E-state index contributed by atoms with van der Waals surface area (Å²) in [5.41, 5.74) is 0.429. The van der Waals surface area contributed by atoms with Crippen molar-refractivity contribution in [3.05, 3.63) is 53.3 Å². The van der Waals surface area contributed by atoms with Gasteiger partial charge in [0.1, 0.15) is 24.1 Å². The second kappa shape index (κ2) is 11.6. The Bertz CT molecular complexity index is 938. The monoisotopic (exact) mass is 452 g/mol. The van der Waals surface area contributed by atoms with E-state index in [-0.39, 0.29) is 48.1 Å². The third-order valence-corrected chi connectivity index (χ3v) is 5.70.